The molecule has 1 saturated carbocycles. The zero-order valence-electron chi connectivity index (χ0n) is 6.89. The van der Waals surface area contributed by atoms with E-state index in [4.69, 9.17) is 11.6 Å². The molecule has 13 heavy (non-hydrogen) atoms. The first-order valence-corrected chi connectivity index (χ1v) is 5.35. The third kappa shape index (κ3) is 1.94. The van der Waals surface area contributed by atoms with Gasteiger partial charge in [0, 0.05) is 10.0 Å². The van der Waals surface area contributed by atoms with Crippen molar-refractivity contribution in [1.29, 1.82) is 0 Å². The first-order chi connectivity index (χ1) is 6.18. The predicted octanol–water partition coefficient (Wildman–Crippen LogP) is 3.71. The lowest BCUT2D eigenvalue weighted by atomic mass is 10.1. The average Bonchev–Trinajstić information content (AvgIpc) is 2.87. The summed E-state index contributed by atoms with van der Waals surface area (Å²) in [5.41, 5.74) is 1.80. The van der Waals surface area contributed by atoms with Gasteiger partial charge in [0.05, 0.1) is 0 Å². The van der Waals surface area contributed by atoms with Gasteiger partial charge in [-0.2, -0.15) is 0 Å². The Hall–Kier alpha value is -0.340. The summed E-state index contributed by atoms with van der Waals surface area (Å²) in [6.07, 6.45) is 2.47. The van der Waals surface area contributed by atoms with Gasteiger partial charge in [0.25, 0.3) is 5.24 Å². The molecule has 1 fully saturated rings. The lowest BCUT2D eigenvalue weighted by molar-refractivity contribution is 0.108. The van der Waals surface area contributed by atoms with Crippen molar-refractivity contribution in [1.82, 2.24) is 0 Å². The van der Waals surface area contributed by atoms with E-state index in [0.717, 1.165) is 4.47 Å². The van der Waals surface area contributed by atoms with Gasteiger partial charge >= 0.3 is 0 Å². The van der Waals surface area contributed by atoms with Gasteiger partial charge in [-0.1, -0.05) is 6.07 Å². The number of hydrogen-bond donors (Lipinski definition) is 0. The number of halogens is 2. The largest absolute Gasteiger partial charge is 0.276 e. The Labute approximate surface area is 90.2 Å². The van der Waals surface area contributed by atoms with Crippen LogP contribution in [0.5, 0.6) is 0 Å². The van der Waals surface area contributed by atoms with E-state index >= 15 is 0 Å². The molecule has 0 amide bonds. The second-order valence-electron chi connectivity index (χ2n) is 3.29. The zero-order chi connectivity index (χ0) is 9.42. The van der Waals surface area contributed by atoms with Crippen LogP contribution in [-0.2, 0) is 0 Å². The summed E-state index contributed by atoms with van der Waals surface area (Å²) in [7, 11) is 0. The second kappa shape index (κ2) is 3.43. The highest BCUT2D eigenvalue weighted by molar-refractivity contribution is 9.10. The highest BCUT2D eigenvalue weighted by Crippen LogP contribution is 2.41. The minimum atomic E-state index is -0.394. The molecule has 1 aromatic rings. The van der Waals surface area contributed by atoms with Crippen molar-refractivity contribution in [3.05, 3.63) is 33.8 Å². The lowest BCUT2D eigenvalue weighted by Crippen LogP contribution is -1.92. The monoisotopic (exact) mass is 258 g/mol. The van der Waals surface area contributed by atoms with Gasteiger partial charge in [0.2, 0.25) is 0 Å². The molecule has 1 aliphatic carbocycles. The Morgan fingerprint density at radius 1 is 1.46 bits per heavy atom. The molecular weight excluding hydrogens is 251 g/mol. The molecule has 0 aliphatic heterocycles. The van der Waals surface area contributed by atoms with Gasteiger partial charge in [-0.15, -0.1) is 0 Å². The molecular formula is C10H8BrClO. The number of hydrogen-bond acceptors (Lipinski definition) is 1. The Balaban J connectivity index is 2.41. The molecule has 0 radical (unpaired) electrons. The Morgan fingerprint density at radius 2 is 2.15 bits per heavy atom. The lowest BCUT2D eigenvalue weighted by Gasteiger charge is -2.02. The second-order valence-corrected chi connectivity index (χ2v) is 4.48. The van der Waals surface area contributed by atoms with E-state index in [1.807, 2.05) is 18.2 Å². The summed E-state index contributed by atoms with van der Waals surface area (Å²) in [6.45, 7) is 0. The quantitative estimate of drug-likeness (QED) is 0.740. The number of carbonyl (C=O) groups is 1. The Morgan fingerprint density at radius 3 is 2.69 bits per heavy atom. The molecule has 0 atom stereocenters. The van der Waals surface area contributed by atoms with Gasteiger partial charge in [0.1, 0.15) is 0 Å². The molecule has 0 unspecified atom stereocenters. The van der Waals surface area contributed by atoms with Crippen molar-refractivity contribution < 1.29 is 4.79 Å². The van der Waals surface area contributed by atoms with Crippen LogP contribution in [0.4, 0.5) is 0 Å². The van der Waals surface area contributed by atoms with Gasteiger partial charge in [-0.05, 0) is 64.0 Å². The van der Waals surface area contributed by atoms with Crippen LogP contribution in [0.3, 0.4) is 0 Å². The summed E-state index contributed by atoms with van der Waals surface area (Å²) in [5.74, 6) is 0.655. The van der Waals surface area contributed by atoms with Crippen LogP contribution in [-0.4, -0.2) is 5.24 Å². The van der Waals surface area contributed by atoms with Crippen LogP contribution >= 0.6 is 27.5 Å². The topological polar surface area (TPSA) is 17.1 Å². The fourth-order valence-electron chi connectivity index (χ4n) is 1.36. The van der Waals surface area contributed by atoms with Crippen molar-refractivity contribution in [3.8, 4) is 0 Å². The first kappa shape index (κ1) is 9.22. The van der Waals surface area contributed by atoms with Crippen LogP contribution in [0.15, 0.2) is 22.7 Å². The normalized spacial score (nSPS) is 15.8. The van der Waals surface area contributed by atoms with Crippen LogP contribution in [0.1, 0.15) is 34.7 Å². The third-order valence-corrected chi connectivity index (χ3v) is 3.15. The van der Waals surface area contributed by atoms with Crippen LogP contribution < -0.4 is 0 Å². The minimum absolute atomic E-state index is 0.394. The SMILES string of the molecule is O=C(Cl)c1cc(C2CC2)ccc1Br. The maximum Gasteiger partial charge on any atom is 0.253 e. The molecule has 2 rings (SSSR count). The van der Waals surface area contributed by atoms with Gasteiger partial charge in [0.15, 0.2) is 0 Å². The fourth-order valence-corrected chi connectivity index (χ4v) is 2.06. The van der Waals surface area contributed by atoms with E-state index < -0.39 is 5.24 Å². The molecule has 1 aromatic carbocycles. The van der Waals surface area contributed by atoms with Crippen molar-refractivity contribution >= 4 is 32.8 Å². The Kier molecular flexibility index (Phi) is 2.43. The summed E-state index contributed by atoms with van der Waals surface area (Å²) >= 11 is 8.73. The first-order valence-electron chi connectivity index (χ1n) is 4.18. The molecule has 0 spiro atoms. The molecule has 0 saturated heterocycles. The fraction of sp³-hybridized carbons (Fsp3) is 0.300. The Bertz CT molecular complexity index is 358. The molecule has 1 nitrogen and oxygen atoms in total. The summed E-state index contributed by atoms with van der Waals surface area (Å²) < 4.78 is 0.775. The van der Waals surface area contributed by atoms with E-state index in [0.29, 0.717) is 11.5 Å². The number of rotatable bonds is 2. The molecule has 0 aromatic heterocycles. The van der Waals surface area contributed by atoms with E-state index in [1.165, 1.54) is 18.4 Å². The highest BCUT2D eigenvalue weighted by Gasteiger charge is 2.24. The molecule has 68 valence electrons. The predicted molar refractivity (Wildman–Crippen MR) is 56.3 cm³/mol. The summed E-state index contributed by atoms with van der Waals surface area (Å²) in [6, 6.07) is 5.82. The molecule has 0 bridgehead atoms. The van der Waals surface area contributed by atoms with E-state index in [2.05, 4.69) is 15.9 Å². The van der Waals surface area contributed by atoms with Gasteiger partial charge in [-0.3, -0.25) is 4.79 Å². The maximum absolute atomic E-state index is 11.0. The standard InChI is InChI=1S/C10H8BrClO/c11-9-4-3-7(6-1-2-6)5-8(9)10(12)13/h3-6H,1-2H2. The zero-order valence-corrected chi connectivity index (χ0v) is 9.23. The van der Waals surface area contributed by atoms with Crippen LogP contribution in [0, 0.1) is 0 Å². The number of benzene rings is 1. The smallest absolute Gasteiger partial charge is 0.253 e. The van der Waals surface area contributed by atoms with Crippen molar-refractivity contribution in [2.75, 3.05) is 0 Å². The van der Waals surface area contributed by atoms with E-state index in [1.54, 1.807) is 0 Å². The van der Waals surface area contributed by atoms with Crippen LogP contribution in [0.2, 0.25) is 0 Å². The summed E-state index contributed by atoms with van der Waals surface area (Å²) in [4.78, 5) is 11.0. The molecule has 1 aliphatic rings. The number of carbonyl (C=O) groups excluding carboxylic acids is 1. The molecule has 0 N–H and O–H groups in total. The van der Waals surface area contributed by atoms with Gasteiger partial charge < -0.3 is 0 Å². The summed E-state index contributed by atoms with van der Waals surface area (Å²) in [5, 5.41) is -0.394. The average molecular weight is 260 g/mol. The van der Waals surface area contributed by atoms with Crippen molar-refractivity contribution in [2.45, 2.75) is 18.8 Å². The van der Waals surface area contributed by atoms with Gasteiger partial charge in [-0.25, -0.2) is 0 Å². The van der Waals surface area contributed by atoms with Crippen molar-refractivity contribution in [3.63, 3.8) is 0 Å². The molecule has 0 heterocycles. The maximum atomic E-state index is 11.0. The van der Waals surface area contributed by atoms with E-state index in [-0.39, 0.29) is 0 Å². The van der Waals surface area contributed by atoms with Crippen molar-refractivity contribution in [2.24, 2.45) is 0 Å². The van der Waals surface area contributed by atoms with Crippen LogP contribution in [0.25, 0.3) is 0 Å². The third-order valence-electron chi connectivity index (χ3n) is 2.25. The minimum Gasteiger partial charge on any atom is -0.276 e. The van der Waals surface area contributed by atoms with E-state index in [9.17, 15) is 4.79 Å². The highest BCUT2D eigenvalue weighted by atomic mass is 79.9. The molecule has 3 heteroatoms.